The van der Waals surface area contributed by atoms with Crippen LogP contribution in [0.15, 0.2) is 46.9 Å². The molecule has 5 heteroatoms. The molecule has 0 fully saturated rings. The molecule has 2 rings (SSSR count). The molecule has 0 aliphatic carbocycles. The monoisotopic (exact) mass is 353 g/mol. The summed E-state index contributed by atoms with van der Waals surface area (Å²) in [5.41, 5.74) is 2.86. The fraction of sp³-hybridized carbons (Fsp3) is 0.133. The molecule has 2 N–H and O–H groups in total. The first-order valence-corrected chi connectivity index (χ1v) is 7.20. The molecule has 0 saturated carbocycles. The van der Waals surface area contributed by atoms with E-state index in [1.54, 1.807) is 0 Å². The minimum Gasteiger partial charge on any atom is -0.481 e. The van der Waals surface area contributed by atoms with E-state index in [4.69, 9.17) is 16.7 Å². The highest BCUT2D eigenvalue weighted by atomic mass is 79.9. The van der Waals surface area contributed by atoms with E-state index in [2.05, 4.69) is 21.2 Å². The van der Waals surface area contributed by atoms with Crippen molar-refractivity contribution in [2.24, 2.45) is 0 Å². The number of carbonyl (C=O) groups is 1. The molecule has 2 aromatic carbocycles. The van der Waals surface area contributed by atoms with Crippen LogP contribution in [0.2, 0.25) is 5.02 Å². The Bertz CT molecular complexity index is 614. The predicted molar refractivity (Wildman–Crippen MR) is 84.3 cm³/mol. The molecule has 0 aromatic heterocycles. The summed E-state index contributed by atoms with van der Waals surface area (Å²) in [7, 11) is 0. The lowest BCUT2D eigenvalue weighted by atomic mass is 10.1. The number of rotatable bonds is 5. The largest absolute Gasteiger partial charge is 0.481 e. The van der Waals surface area contributed by atoms with Gasteiger partial charge in [0, 0.05) is 16.7 Å². The number of carboxylic acids is 1. The summed E-state index contributed by atoms with van der Waals surface area (Å²) in [5.74, 6) is -0.818. The van der Waals surface area contributed by atoms with Gasteiger partial charge in [-0.25, -0.2) is 0 Å². The van der Waals surface area contributed by atoms with Gasteiger partial charge in [-0.1, -0.05) is 35.9 Å². The van der Waals surface area contributed by atoms with Crippen molar-refractivity contribution in [3.8, 4) is 0 Å². The van der Waals surface area contributed by atoms with E-state index in [0.717, 1.165) is 21.3 Å². The van der Waals surface area contributed by atoms with Crippen molar-refractivity contribution in [3.05, 3.63) is 63.1 Å². The maximum atomic E-state index is 10.6. The second kappa shape index (κ2) is 6.77. The normalized spacial score (nSPS) is 10.3. The molecule has 20 heavy (non-hydrogen) atoms. The van der Waals surface area contributed by atoms with Crippen LogP contribution in [-0.2, 0) is 17.8 Å². The predicted octanol–water partition coefficient (Wildman–Crippen LogP) is 4.34. The van der Waals surface area contributed by atoms with Gasteiger partial charge in [0.2, 0.25) is 0 Å². The minimum atomic E-state index is -0.818. The zero-order chi connectivity index (χ0) is 14.5. The van der Waals surface area contributed by atoms with Gasteiger partial charge in [0.05, 0.1) is 11.4 Å². The van der Waals surface area contributed by atoms with Crippen molar-refractivity contribution in [1.82, 2.24) is 0 Å². The lowest BCUT2D eigenvalue weighted by molar-refractivity contribution is -0.136. The number of halogens is 2. The van der Waals surface area contributed by atoms with Crippen molar-refractivity contribution in [2.45, 2.75) is 13.0 Å². The van der Waals surface area contributed by atoms with Gasteiger partial charge in [-0.3, -0.25) is 4.79 Å². The molecule has 2 aromatic rings. The van der Waals surface area contributed by atoms with E-state index in [-0.39, 0.29) is 6.42 Å². The van der Waals surface area contributed by atoms with Crippen molar-refractivity contribution >= 4 is 39.2 Å². The maximum absolute atomic E-state index is 10.6. The number of hydrogen-bond donors (Lipinski definition) is 2. The van der Waals surface area contributed by atoms with Gasteiger partial charge in [-0.05, 0) is 45.3 Å². The Hall–Kier alpha value is -1.52. The number of aliphatic carboxylic acids is 1. The van der Waals surface area contributed by atoms with E-state index >= 15 is 0 Å². The quantitative estimate of drug-likeness (QED) is 0.839. The fourth-order valence-corrected chi connectivity index (χ4v) is 2.26. The van der Waals surface area contributed by atoms with Gasteiger partial charge in [0.1, 0.15) is 0 Å². The zero-order valence-electron chi connectivity index (χ0n) is 10.6. The smallest absolute Gasteiger partial charge is 0.307 e. The molecular formula is C15H13BrClNO2. The molecule has 0 radical (unpaired) electrons. The third-order valence-electron chi connectivity index (χ3n) is 2.79. The number of hydrogen-bond acceptors (Lipinski definition) is 2. The molecule has 3 nitrogen and oxygen atoms in total. The summed E-state index contributed by atoms with van der Waals surface area (Å²) in [5, 5.41) is 12.7. The topological polar surface area (TPSA) is 49.3 Å². The third kappa shape index (κ3) is 4.25. The molecule has 0 atom stereocenters. The van der Waals surface area contributed by atoms with Crippen LogP contribution in [0.3, 0.4) is 0 Å². The van der Waals surface area contributed by atoms with Crippen LogP contribution in [-0.4, -0.2) is 11.1 Å². The Labute approximate surface area is 130 Å². The lowest BCUT2D eigenvalue weighted by Gasteiger charge is -2.08. The first-order chi connectivity index (χ1) is 9.54. The van der Waals surface area contributed by atoms with Crippen LogP contribution in [0.5, 0.6) is 0 Å². The summed E-state index contributed by atoms with van der Waals surface area (Å²) in [6.45, 7) is 0.668. The van der Waals surface area contributed by atoms with E-state index < -0.39 is 5.97 Å². The summed E-state index contributed by atoms with van der Waals surface area (Å²) in [6.07, 6.45) is 0.0534. The molecule has 0 heterocycles. The summed E-state index contributed by atoms with van der Waals surface area (Å²) in [4.78, 5) is 10.6. The van der Waals surface area contributed by atoms with E-state index in [1.165, 1.54) is 0 Å². The molecule has 0 spiro atoms. The second-order valence-electron chi connectivity index (χ2n) is 4.37. The van der Waals surface area contributed by atoms with Crippen molar-refractivity contribution in [2.75, 3.05) is 5.32 Å². The molecule has 0 unspecified atom stereocenters. The lowest BCUT2D eigenvalue weighted by Crippen LogP contribution is -2.02. The van der Waals surface area contributed by atoms with Crippen molar-refractivity contribution < 1.29 is 9.90 Å². The molecule has 0 aliphatic rings. The van der Waals surface area contributed by atoms with Gasteiger partial charge in [-0.2, -0.15) is 0 Å². The van der Waals surface area contributed by atoms with E-state index in [9.17, 15) is 4.79 Å². The van der Waals surface area contributed by atoms with E-state index in [0.29, 0.717) is 11.6 Å². The standard InChI is InChI=1S/C15H13BrClNO2/c16-13-8-12(5-6-14(13)17)18-9-11-3-1-10(2-4-11)7-15(19)20/h1-6,8,18H,7,9H2,(H,19,20). The van der Waals surface area contributed by atoms with Crippen LogP contribution in [0, 0.1) is 0 Å². The highest BCUT2D eigenvalue weighted by molar-refractivity contribution is 9.10. The number of carboxylic acid groups (broad SMARTS) is 1. The highest BCUT2D eigenvalue weighted by Gasteiger charge is 2.01. The third-order valence-corrected chi connectivity index (χ3v) is 4.01. The van der Waals surface area contributed by atoms with Crippen LogP contribution < -0.4 is 5.32 Å². The van der Waals surface area contributed by atoms with Crippen LogP contribution in [0.25, 0.3) is 0 Å². The first kappa shape index (κ1) is 14.9. The van der Waals surface area contributed by atoms with Crippen molar-refractivity contribution in [1.29, 1.82) is 0 Å². The van der Waals surface area contributed by atoms with Crippen molar-refractivity contribution in [3.63, 3.8) is 0 Å². The zero-order valence-corrected chi connectivity index (χ0v) is 12.9. The first-order valence-electron chi connectivity index (χ1n) is 6.03. The second-order valence-corrected chi connectivity index (χ2v) is 5.63. The molecule has 0 saturated heterocycles. The average Bonchev–Trinajstić information content (AvgIpc) is 2.41. The molecule has 0 aliphatic heterocycles. The molecule has 0 bridgehead atoms. The minimum absolute atomic E-state index is 0.0534. The van der Waals surface area contributed by atoms with Crippen LogP contribution >= 0.6 is 27.5 Å². The maximum Gasteiger partial charge on any atom is 0.307 e. The van der Waals surface area contributed by atoms with Crippen LogP contribution in [0.1, 0.15) is 11.1 Å². The average molecular weight is 355 g/mol. The van der Waals surface area contributed by atoms with Gasteiger partial charge < -0.3 is 10.4 Å². The number of benzene rings is 2. The Balaban J connectivity index is 1.96. The summed E-state index contributed by atoms with van der Waals surface area (Å²) in [6, 6.07) is 13.2. The van der Waals surface area contributed by atoms with Gasteiger partial charge >= 0.3 is 5.97 Å². The fourth-order valence-electron chi connectivity index (χ4n) is 1.76. The van der Waals surface area contributed by atoms with E-state index in [1.807, 2.05) is 42.5 Å². The Kier molecular flexibility index (Phi) is 5.04. The highest BCUT2D eigenvalue weighted by Crippen LogP contribution is 2.25. The number of anilines is 1. The van der Waals surface area contributed by atoms with Gasteiger partial charge in [-0.15, -0.1) is 0 Å². The van der Waals surface area contributed by atoms with Gasteiger partial charge in [0.25, 0.3) is 0 Å². The summed E-state index contributed by atoms with van der Waals surface area (Å²) >= 11 is 9.31. The summed E-state index contributed by atoms with van der Waals surface area (Å²) < 4.78 is 0.848. The Morgan fingerprint density at radius 2 is 1.80 bits per heavy atom. The SMILES string of the molecule is O=C(O)Cc1ccc(CNc2ccc(Cl)c(Br)c2)cc1. The van der Waals surface area contributed by atoms with Crippen LogP contribution in [0.4, 0.5) is 5.69 Å². The molecule has 104 valence electrons. The van der Waals surface area contributed by atoms with Gasteiger partial charge in [0.15, 0.2) is 0 Å². The number of nitrogens with one attached hydrogen (secondary N) is 1. The Morgan fingerprint density at radius 1 is 1.15 bits per heavy atom. The molecule has 0 amide bonds. The Morgan fingerprint density at radius 3 is 2.40 bits per heavy atom. The molecular weight excluding hydrogens is 342 g/mol.